The van der Waals surface area contributed by atoms with Gasteiger partial charge in [0, 0.05) is 5.56 Å². The van der Waals surface area contributed by atoms with E-state index in [4.69, 9.17) is 9.52 Å². The third kappa shape index (κ3) is 2.23. The molecule has 0 aliphatic rings. The highest BCUT2D eigenvalue weighted by Gasteiger charge is 2.12. The first kappa shape index (κ1) is 11.5. The molecule has 0 saturated heterocycles. The van der Waals surface area contributed by atoms with E-state index in [0.717, 1.165) is 4.88 Å². The monoisotopic (exact) mass is 273 g/mol. The van der Waals surface area contributed by atoms with Crippen LogP contribution in [0.5, 0.6) is 0 Å². The number of carboxylic acids is 1. The van der Waals surface area contributed by atoms with Gasteiger partial charge in [-0.2, -0.15) is 0 Å². The molecule has 2 aromatic heterocycles. The van der Waals surface area contributed by atoms with Crippen LogP contribution in [0.25, 0.3) is 22.2 Å². The lowest BCUT2D eigenvalue weighted by Crippen LogP contribution is -1.94. The molecule has 1 aromatic carbocycles. The van der Waals surface area contributed by atoms with Gasteiger partial charge in [0.05, 0.1) is 17.3 Å². The summed E-state index contributed by atoms with van der Waals surface area (Å²) in [6.07, 6.45) is 1.65. The van der Waals surface area contributed by atoms with Gasteiger partial charge in [-0.15, -0.1) is 21.5 Å². The van der Waals surface area contributed by atoms with Gasteiger partial charge < -0.3 is 9.52 Å². The number of aromatic carboxylic acids is 1. The molecular formula is C12H7N3O3S. The first-order valence-corrected chi connectivity index (χ1v) is 6.18. The molecule has 2 heterocycles. The molecule has 3 aromatic rings. The number of hydrogen-bond donors (Lipinski definition) is 1. The largest absolute Gasteiger partial charge is 0.478 e. The molecule has 0 aliphatic carbocycles. The number of hydrogen-bond acceptors (Lipinski definition) is 6. The fraction of sp³-hybridized carbons (Fsp3) is 0. The highest BCUT2D eigenvalue weighted by Crippen LogP contribution is 2.26. The highest BCUT2D eigenvalue weighted by atomic mass is 32.1. The quantitative estimate of drug-likeness (QED) is 0.788. The van der Waals surface area contributed by atoms with Gasteiger partial charge >= 0.3 is 5.97 Å². The summed E-state index contributed by atoms with van der Waals surface area (Å²) in [5, 5.41) is 16.7. The number of carboxylic acid groups (broad SMARTS) is 1. The molecule has 6 nitrogen and oxygen atoms in total. The number of benzene rings is 1. The molecule has 0 saturated carbocycles. The molecule has 3 rings (SSSR count). The topological polar surface area (TPSA) is 89.1 Å². The van der Waals surface area contributed by atoms with Crippen molar-refractivity contribution in [3.8, 4) is 22.2 Å². The average molecular weight is 273 g/mol. The lowest BCUT2D eigenvalue weighted by molar-refractivity contribution is 0.0697. The van der Waals surface area contributed by atoms with Gasteiger partial charge in [0.15, 0.2) is 0 Å². The van der Waals surface area contributed by atoms with E-state index >= 15 is 0 Å². The highest BCUT2D eigenvalue weighted by molar-refractivity contribution is 7.13. The van der Waals surface area contributed by atoms with E-state index in [1.807, 2.05) is 0 Å². The van der Waals surface area contributed by atoms with Crippen LogP contribution in [0.2, 0.25) is 0 Å². The molecule has 7 heteroatoms. The molecule has 19 heavy (non-hydrogen) atoms. The SMILES string of the molecule is O=C(O)c1ccc(-c2nnc(-c3cncs3)o2)cc1. The number of carbonyl (C=O) groups is 1. The normalized spacial score (nSPS) is 10.5. The van der Waals surface area contributed by atoms with Crippen molar-refractivity contribution in [3.63, 3.8) is 0 Å². The van der Waals surface area contributed by atoms with Gasteiger partial charge in [-0.05, 0) is 24.3 Å². The van der Waals surface area contributed by atoms with Crippen molar-refractivity contribution in [1.82, 2.24) is 15.2 Å². The molecule has 1 N–H and O–H groups in total. The van der Waals surface area contributed by atoms with Crippen molar-refractivity contribution >= 4 is 17.3 Å². The number of nitrogens with zero attached hydrogens (tertiary/aromatic N) is 3. The average Bonchev–Trinajstić information content (AvgIpc) is 3.10. The number of aromatic nitrogens is 3. The summed E-state index contributed by atoms with van der Waals surface area (Å²) in [5.74, 6) is -0.220. The molecule has 0 spiro atoms. The zero-order valence-corrected chi connectivity index (χ0v) is 10.3. The fourth-order valence-electron chi connectivity index (χ4n) is 1.52. The van der Waals surface area contributed by atoms with Crippen LogP contribution < -0.4 is 0 Å². The maximum absolute atomic E-state index is 10.8. The fourth-order valence-corrected chi connectivity index (χ4v) is 2.06. The summed E-state index contributed by atoms with van der Waals surface area (Å²) >= 11 is 1.41. The van der Waals surface area contributed by atoms with Gasteiger partial charge in [0.1, 0.15) is 4.88 Å². The van der Waals surface area contributed by atoms with Crippen molar-refractivity contribution < 1.29 is 14.3 Å². The van der Waals surface area contributed by atoms with Gasteiger partial charge in [-0.1, -0.05) is 0 Å². The van der Waals surface area contributed by atoms with E-state index in [-0.39, 0.29) is 5.56 Å². The van der Waals surface area contributed by atoms with Crippen molar-refractivity contribution in [2.24, 2.45) is 0 Å². The predicted octanol–water partition coefficient (Wildman–Crippen LogP) is 2.56. The van der Waals surface area contributed by atoms with Crippen LogP contribution in [0.4, 0.5) is 0 Å². The van der Waals surface area contributed by atoms with Crippen LogP contribution in [0.1, 0.15) is 10.4 Å². The van der Waals surface area contributed by atoms with Crippen LogP contribution in [0.15, 0.2) is 40.4 Å². The Hall–Kier alpha value is -2.54. The minimum atomic E-state index is -0.970. The van der Waals surface area contributed by atoms with Crippen molar-refractivity contribution in [1.29, 1.82) is 0 Å². The van der Waals surface area contributed by atoms with E-state index in [1.54, 1.807) is 23.8 Å². The summed E-state index contributed by atoms with van der Waals surface area (Å²) < 4.78 is 5.52. The summed E-state index contributed by atoms with van der Waals surface area (Å²) in [4.78, 5) is 15.5. The predicted molar refractivity (Wildman–Crippen MR) is 67.8 cm³/mol. The van der Waals surface area contributed by atoms with E-state index in [0.29, 0.717) is 17.3 Å². The van der Waals surface area contributed by atoms with Gasteiger partial charge in [0.2, 0.25) is 5.89 Å². The zero-order valence-electron chi connectivity index (χ0n) is 9.48. The van der Waals surface area contributed by atoms with Crippen molar-refractivity contribution in [2.45, 2.75) is 0 Å². The molecule has 0 atom stereocenters. The second kappa shape index (κ2) is 4.62. The third-order valence-corrected chi connectivity index (χ3v) is 3.21. The molecular weight excluding hydrogens is 266 g/mol. The standard InChI is InChI=1S/C12H7N3O3S/c16-12(17)8-3-1-7(2-4-8)10-14-15-11(18-10)9-5-13-6-19-9/h1-6H,(H,16,17). The van der Waals surface area contributed by atoms with E-state index in [2.05, 4.69) is 15.2 Å². The first-order chi connectivity index (χ1) is 9.24. The summed E-state index contributed by atoms with van der Waals surface area (Å²) in [7, 11) is 0. The summed E-state index contributed by atoms with van der Waals surface area (Å²) in [6.45, 7) is 0. The van der Waals surface area contributed by atoms with E-state index < -0.39 is 5.97 Å². The number of thiazole rings is 1. The minimum absolute atomic E-state index is 0.214. The molecule has 0 aliphatic heterocycles. The van der Waals surface area contributed by atoms with Crippen LogP contribution >= 0.6 is 11.3 Å². The summed E-state index contributed by atoms with van der Waals surface area (Å²) in [6, 6.07) is 6.25. The Morgan fingerprint density at radius 3 is 2.53 bits per heavy atom. The zero-order chi connectivity index (χ0) is 13.2. The molecule has 0 amide bonds. The Morgan fingerprint density at radius 1 is 1.16 bits per heavy atom. The smallest absolute Gasteiger partial charge is 0.335 e. The molecule has 0 fully saturated rings. The van der Waals surface area contributed by atoms with Crippen LogP contribution in [0.3, 0.4) is 0 Å². The lowest BCUT2D eigenvalue weighted by Gasteiger charge is -1.96. The molecule has 94 valence electrons. The van der Waals surface area contributed by atoms with Crippen LogP contribution in [-0.4, -0.2) is 26.3 Å². The Bertz CT molecular complexity index is 704. The van der Waals surface area contributed by atoms with E-state index in [9.17, 15) is 4.79 Å². The maximum atomic E-state index is 10.8. The molecule has 0 unspecified atom stereocenters. The second-order valence-corrected chi connectivity index (χ2v) is 4.55. The Balaban J connectivity index is 1.92. The molecule has 0 bridgehead atoms. The van der Waals surface area contributed by atoms with Crippen molar-refractivity contribution in [3.05, 3.63) is 41.5 Å². The first-order valence-electron chi connectivity index (χ1n) is 5.30. The minimum Gasteiger partial charge on any atom is -0.478 e. The van der Waals surface area contributed by atoms with Crippen molar-refractivity contribution in [2.75, 3.05) is 0 Å². The van der Waals surface area contributed by atoms with Gasteiger partial charge in [0.25, 0.3) is 5.89 Å². The summed E-state index contributed by atoms with van der Waals surface area (Å²) in [5.41, 5.74) is 2.57. The molecule has 0 radical (unpaired) electrons. The van der Waals surface area contributed by atoms with Crippen LogP contribution in [-0.2, 0) is 0 Å². The second-order valence-electron chi connectivity index (χ2n) is 3.66. The van der Waals surface area contributed by atoms with Crippen LogP contribution in [0, 0.1) is 0 Å². The Labute approximate surface area is 111 Å². The Kier molecular flexibility index (Phi) is 2.81. The van der Waals surface area contributed by atoms with Gasteiger partial charge in [-0.25, -0.2) is 4.79 Å². The number of rotatable bonds is 3. The van der Waals surface area contributed by atoms with E-state index in [1.165, 1.54) is 23.5 Å². The Morgan fingerprint density at radius 2 is 1.89 bits per heavy atom. The third-order valence-electron chi connectivity index (χ3n) is 2.45. The maximum Gasteiger partial charge on any atom is 0.335 e. The van der Waals surface area contributed by atoms with Gasteiger partial charge in [-0.3, -0.25) is 4.98 Å². The lowest BCUT2D eigenvalue weighted by atomic mass is 10.1.